The van der Waals surface area contributed by atoms with Crippen molar-refractivity contribution in [2.24, 2.45) is 0 Å². The molecule has 12 N–H and O–H groups in total. The van der Waals surface area contributed by atoms with Gasteiger partial charge in [-0.15, -0.1) is 5.60 Å². The van der Waals surface area contributed by atoms with E-state index in [0.29, 0.717) is 50.9 Å². The van der Waals surface area contributed by atoms with Crippen LogP contribution >= 0.6 is 46.4 Å². The molecule has 0 saturated heterocycles. The molecule has 0 fully saturated rings. The summed E-state index contributed by atoms with van der Waals surface area (Å²) in [4.78, 5) is 44.9. The number of nitrogen functional groups attached to an aromatic ring is 4. The van der Waals surface area contributed by atoms with Crippen molar-refractivity contribution in [1.82, 2.24) is 49.4 Å². The topological polar surface area (TPSA) is 313 Å². The van der Waals surface area contributed by atoms with Crippen molar-refractivity contribution in [1.29, 1.82) is 0 Å². The van der Waals surface area contributed by atoms with Crippen LogP contribution in [-0.4, -0.2) is 60.3 Å². The van der Waals surface area contributed by atoms with Crippen molar-refractivity contribution >= 4 is 131 Å². The molecule has 5 aromatic heterocycles. The maximum Gasteiger partial charge on any atom is 1.00 e. The third-order valence-corrected chi connectivity index (χ3v) is 13.9. The van der Waals surface area contributed by atoms with E-state index < -0.39 is 75.7 Å². The Hall–Kier alpha value is -10.5. The number of carbonyl (C=O) groups excluding carboxylic acids is 1. The van der Waals surface area contributed by atoms with Crippen LogP contribution in [-0.2, 0) is 23.3 Å². The summed E-state index contributed by atoms with van der Waals surface area (Å²) < 4.78 is 192. The third-order valence-electron chi connectivity index (χ3n) is 13.4. The Morgan fingerprint density at radius 2 is 0.775 bits per heavy atom. The van der Waals surface area contributed by atoms with E-state index in [2.05, 4.69) is 77.7 Å². The van der Waals surface area contributed by atoms with Gasteiger partial charge in [0, 0.05) is 66.1 Å². The molecular formula is C71H62Cl4F15N18NaO2. The van der Waals surface area contributed by atoms with Gasteiger partial charge in [0.2, 0.25) is 5.24 Å². The summed E-state index contributed by atoms with van der Waals surface area (Å²) in [5.41, 5.74) is 22.4. The van der Waals surface area contributed by atoms with E-state index in [1.807, 2.05) is 38.1 Å². The number of nitrogens with one attached hydrogen (secondary N) is 4. The minimum absolute atomic E-state index is 0. The number of alkyl halides is 9. The van der Waals surface area contributed by atoms with Crippen LogP contribution < -0.4 is 78.9 Å². The van der Waals surface area contributed by atoms with Crippen LogP contribution in [0.1, 0.15) is 62.2 Å². The molecule has 0 unspecified atom stereocenters. The molecule has 12 rings (SSSR count). The summed E-state index contributed by atoms with van der Waals surface area (Å²) in [7, 11) is 0. The molecule has 12 aromatic rings. The number of hydrogen-bond donors (Lipinski definition) is 8. The molecule has 0 amide bonds. The number of nitrogens with two attached hydrogens (primary N) is 4. The Labute approximate surface area is 665 Å². The summed E-state index contributed by atoms with van der Waals surface area (Å²) in [6.45, 7) is 10.3. The van der Waals surface area contributed by atoms with Gasteiger partial charge in [-0.25, -0.2) is 51.3 Å². The first-order valence-electron chi connectivity index (χ1n) is 31.0. The Kier molecular flexibility index (Phi) is 35.6. The smallest absolute Gasteiger partial charge is 0.850 e. The maximum atomic E-state index is 13.7. The van der Waals surface area contributed by atoms with E-state index in [0.717, 1.165) is 78.5 Å². The summed E-state index contributed by atoms with van der Waals surface area (Å²) in [6.07, 6.45) is -1.38. The molecule has 0 aliphatic heterocycles. The minimum Gasteiger partial charge on any atom is -0.850 e. The molecule has 20 nitrogen and oxygen atoms in total. The van der Waals surface area contributed by atoms with E-state index in [-0.39, 0.29) is 91.5 Å². The van der Waals surface area contributed by atoms with Gasteiger partial charge in [0.15, 0.2) is 64.0 Å². The Morgan fingerprint density at radius 3 is 1.14 bits per heavy atom. The van der Waals surface area contributed by atoms with Crippen LogP contribution in [0.25, 0.3) is 16.9 Å². The summed E-state index contributed by atoms with van der Waals surface area (Å²) >= 11 is 21.0. The van der Waals surface area contributed by atoms with Crippen molar-refractivity contribution in [3.8, 4) is 5.82 Å². The average Bonchev–Trinajstić information content (AvgIpc) is 1.63. The molecule has 0 spiro atoms. The van der Waals surface area contributed by atoms with E-state index in [1.54, 1.807) is 20.8 Å². The number of halogens is 19. The van der Waals surface area contributed by atoms with Crippen LogP contribution in [0, 0.1) is 48.8 Å². The van der Waals surface area contributed by atoms with Crippen molar-refractivity contribution in [3.63, 3.8) is 0 Å². The fraction of sp³-hybridized carbons (Fsp3) is 0.155. The molecule has 582 valence electrons. The first kappa shape index (κ1) is 92.9. The van der Waals surface area contributed by atoms with Crippen molar-refractivity contribution < 1.29 is 105 Å². The van der Waals surface area contributed by atoms with Crippen molar-refractivity contribution in [2.45, 2.75) is 72.1 Å². The Bertz CT molecular complexity index is 4890. The van der Waals surface area contributed by atoms with Crippen molar-refractivity contribution in [3.05, 3.63) is 261 Å². The molecule has 0 radical (unpaired) electrons. The Balaban J connectivity index is 0.000000290. The summed E-state index contributed by atoms with van der Waals surface area (Å²) in [5.74, 6) is -4.42. The van der Waals surface area contributed by atoms with Gasteiger partial charge in [-0.3, -0.25) is 29.3 Å². The second-order valence-corrected chi connectivity index (χ2v) is 24.4. The third kappa shape index (κ3) is 32.5. The van der Waals surface area contributed by atoms with Gasteiger partial charge in [0.05, 0.1) is 100 Å². The van der Waals surface area contributed by atoms with Crippen LogP contribution in [0.15, 0.2) is 183 Å². The first-order valence-corrected chi connectivity index (χ1v) is 32.5. The van der Waals surface area contributed by atoms with Gasteiger partial charge in [0.25, 0.3) is 0 Å². The SMILES string of the molecule is CC(=O)Cl.CCC(C)(C)[O-].Cc1ccc(N)cc1.Cc1nc2cc(F)c(F)cc2n1-c1cncc(Nc2ccc(C(F)(F)F)cc2)n1.Clc1cncc(Cl)n1.FC(F)(F)c1ccc(Nc2cncc(Cl)n2)cc1.Nc1cc(F)c(F)cc1N.Nc1cc(F)c(F)cc1Nc1cncc(Nc2ccc(C(F)(F)F)cc2)n1.[Na+]. The van der Waals surface area contributed by atoms with Gasteiger partial charge in [0.1, 0.15) is 21.3 Å². The van der Waals surface area contributed by atoms with Gasteiger partial charge in [-0.05, 0) is 110 Å². The molecule has 0 saturated carbocycles. The largest absolute Gasteiger partial charge is 1.00 e. The molecule has 0 aliphatic carbocycles. The molecule has 0 bridgehead atoms. The number of benzene rings is 7. The van der Waals surface area contributed by atoms with E-state index in [4.69, 9.17) is 57.7 Å². The zero-order chi connectivity index (χ0) is 82.0. The Morgan fingerprint density at radius 1 is 0.450 bits per heavy atom. The maximum absolute atomic E-state index is 13.7. The molecule has 40 heteroatoms. The number of nitrogens with zero attached hydrogens (tertiary/aromatic N) is 10. The fourth-order valence-corrected chi connectivity index (χ4v) is 8.32. The molecule has 0 atom stereocenters. The summed E-state index contributed by atoms with van der Waals surface area (Å²) in [6, 6.07) is 26.6. The average molecular weight is 1650 g/mol. The number of fused-ring (bicyclic) bond motifs is 1. The van der Waals surface area contributed by atoms with E-state index in [1.165, 1.54) is 103 Å². The predicted molar refractivity (Wildman–Crippen MR) is 392 cm³/mol. The van der Waals surface area contributed by atoms with Crippen LogP contribution in [0.2, 0.25) is 15.5 Å². The van der Waals surface area contributed by atoms with Crippen LogP contribution in [0.3, 0.4) is 0 Å². The van der Waals surface area contributed by atoms with Crippen LogP contribution in [0.5, 0.6) is 0 Å². The number of aromatic nitrogens is 10. The number of hydrogen-bond acceptors (Lipinski definition) is 19. The number of aryl methyl sites for hydroxylation is 2. The normalized spacial score (nSPS) is 10.8. The molecule has 7 aromatic carbocycles. The van der Waals surface area contributed by atoms with Gasteiger partial charge >= 0.3 is 48.1 Å². The van der Waals surface area contributed by atoms with Gasteiger partial charge in [-0.1, -0.05) is 79.7 Å². The zero-order valence-electron chi connectivity index (χ0n) is 58.8. The van der Waals surface area contributed by atoms with Crippen LogP contribution in [0.4, 0.5) is 135 Å². The van der Waals surface area contributed by atoms with Gasteiger partial charge in [-0.2, -0.15) is 39.5 Å². The number of imidazole rings is 1. The molecule has 0 aliphatic rings. The fourth-order valence-electron chi connectivity index (χ4n) is 7.84. The second-order valence-electron chi connectivity index (χ2n) is 22.7. The predicted octanol–water partition coefficient (Wildman–Crippen LogP) is 16.7. The zero-order valence-corrected chi connectivity index (χ0v) is 63.8. The number of carbonyl (C=O) groups is 1. The summed E-state index contributed by atoms with van der Waals surface area (Å²) in [5, 5.41) is 22.1. The van der Waals surface area contributed by atoms with E-state index >= 15 is 0 Å². The van der Waals surface area contributed by atoms with Crippen molar-refractivity contribution in [2.75, 3.05) is 44.2 Å². The van der Waals surface area contributed by atoms with E-state index in [9.17, 15) is 75.8 Å². The number of rotatable bonds is 10. The molecule has 5 heterocycles. The molecule has 111 heavy (non-hydrogen) atoms. The quantitative estimate of drug-likeness (QED) is 0.0273. The monoisotopic (exact) mass is 1650 g/mol. The molecular weight excluding hydrogens is 1590 g/mol. The second kappa shape index (κ2) is 42.6. The standard InChI is InChI=1S/C19H12F5N5.C17H12F5N5.C11H7ClF3N3.C7H9N.C6H6F2N2.C5H11O.C4H2Cl2N2.C2H3ClO.Na/c1-10-26-15-6-13(20)14(21)7-16(15)29(10)18-9-25-8-17(28-18)27-12-4-2-11(3-5-12)19(22,23)24;18-11-5-13(23)14(6-12(11)19)26-16-8-24-7-15(27-16)25-10-3-1-9(2-4-10)17(20,21)22;12-9-5-16-6-10(18-9)17-8-3-1-7(2-4-8)11(13,14)15;1-6-2-4-7(8)5-3-6;7-3-1-5(9)6(10)2-4(3)8;1-4-5(2,3)6;5-3-1-7-2-4(6)8-3;1-2(3)4;/h2-9H,1H3,(H,27,28);1-8H,23H2,(H2,25,26,27);1-6H,(H,17,18);2-5H,8H2,1H3;1-2H,9-10H2;4H2,1-3H3;1-2H;1H3;/q;;;;;-1;;;+1. The first-order chi connectivity index (χ1) is 51.4. The van der Waals surface area contributed by atoms with Gasteiger partial charge < -0.3 is 49.3 Å². The number of anilines is 12. The minimum atomic E-state index is -4.42.